The summed E-state index contributed by atoms with van der Waals surface area (Å²) in [4.78, 5) is 35.0. The topological polar surface area (TPSA) is 110 Å². The SMILES string of the molecule is CCC(C)CNC(=O)CC1CCC(c2ccc(N3CCOc4ncnc(N)c4C3=O)cc2)CC1. The summed E-state index contributed by atoms with van der Waals surface area (Å²) in [6.45, 7) is 5.84. The van der Waals surface area contributed by atoms with Crippen molar-refractivity contribution in [2.45, 2.75) is 58.3 Å². The molecule has 1 unspecified atom stereocenters. The normalized spacial score (nSPS) is 21.2. The number of nitrogens with one attached hydrogen (secondary N) is 1. The Morgan fingerprint density at radius 2 is 1.94 bits per heavy atom. The zero-order valence-corrected chi connectivity index (χ0v) is 20.1. The van der Waals surface area contributed by atoms with E-state index in [1.54, 1.807) is 4.90 Å². The Hall–Kier alpha value is -3.16. The molecule has 182 valence electrons. The van der Waals surface area contributed by atoms with Crippen molar-refractivity contribution in [2.75, 3.05) is 30.3 Å². The van der Waals surface area contributed by atoms with Gasteiger partial charge >= 0.3 is 0 Å². The van der Waals surface area contributed by atoms with Gasteiger partial charge in [-0.05, 0) is 61.1 Å². The molecule has 4 rings (SSSR count). The predicted molar refractivity (Wildman–Crippen MR) is 132 cm³/mol. The molecule has 0 spiro atoms. The highest BCUT2D eigenvalue weighted by atomic mass is 16.5. The van der Waals surface area contributed by atoms with E-state index >= 15 is 0 Å². The second kappa shape index (κ2) is 10.8. The largest absolute Gasteiger partial charge is 0.475 e. The number of amides is 2. The lowest BCUT2D eigenvalue weighted by Gasteiger charge is -2.29. The number of rotatable bonds is 7. The van der Waals surface area contributed by atoms with Crippen LogP contribution in [0.2, 0.25) is 0 Å². The van der Waals surface area contributed by atoms with Gasteiger partial charge in [0, 0.05) is 18.7 Å². The molecule has 1 aliphatic carbocycles. The summed E-state index contributed by atoms with van der Waals surface area (Å²) in [6.07, 6.45) is 7.33. The average Bonchev–Trinajstić information content (AvgIpc) is 3.02. The standard InChI is InChI=1S/C26H35N5O3/c1-3-17(2)15-28-22(32)14-18-4-6-19(7-5-18)20-8-10-21(11-9-20)31-12-13-34-25-23(26(31)33)24(27)29-16-30-25/h8-11,16-19H,3-7,12-15H2,1-2H3,(H,28,32)(H2,27,29,30). The molecule has 8 heteroatoms. The summed E-state index contributed by atoms with van der Waals surface area (Å²) in [5.41, 5.74) is 8.24. The summed E-state index contributed by atoms with van der Waals surface area (Å²) >= 11 is 0. The molecule has 1 fully saturated rings. The smallest absolute Gasteiger partial charge is 0.267 e. The summed E-state index contributed by atoms with van der Waals surface area (Å²) < 4.78 is 5.62. The van der Waals surface area contributed by atoms with Crippen molar-refractivity contribution in [3.05, 3.63) is 41.7 Å². The third-order valence-corrected chi connectivity index (χ3v) is 7.20. The van der Waals surface area contributed by atoms with Crippen molar-refractivity contribution in [1.82, 2.24) is 15.3 Å². The quantitative estimate of drug-likeness (QED) is 0.641. The molecule has 1 saturated carbocycles. The van der Waals surface area contributed by atoms with E-state index in [0.717, 1.165) is 44.3 Å². The number of carbonyl (C=O) groups excluding carboxylic acids is 2. The first-order valence-electron chi connectivity index (χ1n) is 12.4. The highest BCUT2D eigenvalue weighted by Gasteiger charge is 2.29. The van der Waals surface area contributed by atoms with Gasteiger partial charge in [0.15, 0.2) is 0 Å². The Kier molecular flexibility index (Phi) is 7.65. The Bertz CT molecular complexity index is 1000. The van der Waals surface area contributed by atoms with Crippen LogP contribution in [0.3, 0.4) is 0 Å². The maximum atomic E-state index is 13.1. The van der Waals surface area contributed by atoms with E-state index in [4.69, 9.17) is 10.5 Å². The first kappa shape index (κ1) is 24.0. The van der Waals surface area contributed by atoms with Crippen LogP contribution in [0.1, 0.15) is 74.2 Å². The Balaban J connectivity index is 1.33. The average molecular weight is 466 g/mol. The van der Waals surface area contributed by atoms with Crippen LogP contribution < -0.4 is 20.7 Å². The van der Waals surface area contributed by atoms with Crippen molar-refractivity contribution < 1.29 is 14.3 Å². The third kappa shape index (κ3) is 5.48. The maximum Gasteiger partial charge on any atom is 0.267 e. The first-order chi connectivity index (χ1) is 16.5. The van der Waals surface area contributed by atoms with Gasteiger partial charge in [-0.1, -0.05) is 32.4 Å². The van der Waals surface area contributed by atoms with Crippen LogP contribution in [0.4, 0.5) is 11.5 Å². The van der Waals surface area contributed by atoms with Gasteiger partial charge in [-0.15, -0.1) is 0 Å². The molecule has 0 saturated heterocycles. The second-order valence-electron chi connectivity index (χ2n) is 9.58. The number of carbonyl (C=O) groups is 2. The van der Waals surface area contributed by atoms with Crippen molar-refractivity contribution >= 4 is 23.3 Å². The van der Waals surface area contributed by atoms with Gasteiger partial charge in [0.1, 0.15) is 24.3 Å². The Morgan fingerprint density at radius 1 is 1.21 bits per heavy atom. The predicted octanol–water partition coefficient (Wildman–Crippen LogP) is 3.92. The van der Waals surface area contributed by atoms with Crippen molar-refractivity contribution in [3.8, 4) is 5.88 Å². The first-order valence-corrected chi connectivity index (χ1v) is 12.4. The lowest BCUT2D eigenvalue weighted by atomic mass is 9.77. The zero-order chi connectivity index (χ0) is 24.1. The molecule has 3 N–H and O–H groups in total. The van der Waals surface area contributed by atoms with Crippen molar-refractivity contribution in [3.63, 3.8) is 0 Å². The number of nitrogens with zero attached hydrogens (tertiary/aromatic N) is 3. The third-order valence-electron chi connectivity index (χ3n) is 7.20. The summed E-state index contributed by atoms with van der Waals surface area (Å²) in [5.74, 6) is 1.79. The molecule has 1 atom stereocenters. The minimum Gasteiger partial charge on any atom is -0.475 e. The van der Waals surface area contributed by atoms with Crippen LogP contribution >= 0.6 is 0 Å². The minimum absolute atomic E-state index is 0.129. The monoisotopic (exact) mass is 465 g/mol. The molecule has 1 aliphatic heterocycles. The summed E-state index contributed by atoms with van der Waals surface area (Å²) in [7, 11) is 0. The molecule has 1 aromatic carbocycles. The van der Waals surface area contributed by atoms with Crippen LogP contribution in [0.25, 0.3) is 0 Å². The number of benzene rings is 1. The van der Waals surface area contributed by atoms with E-state index in [-0.39, 0.29) is 29.1 Å². The number of anilines is 2. The number of nitrogens with two attached hydrogens (primary N) is 1. The highest BCUT2D eigenvalue weighted by molar-refractivity contribution is 6.10. The highest BCUT2D eigenvalue weighted by Crippen LogP contribution is 2.38. The fraction of sp³-hybridized carbons (Fsp3) is 0.538. The van der Waals surface area contributed by atoms with Gasteiger partial charge in [0.05, 0.1) is 6.54 Å². The lowest BCUT2D eigenvalue weighted by Crippen LogP contribution is -2.32. The van der Waals surface area contributed by atoms with E-state index in [0.29, 0.717) is 37.3 Å². The van der Waals surface area contributed by atoms with Gasteiger partial charge in [-0.25, -0.2) is 9.97 Å². The van der Waals surface area contributed by atoms with Crippen LogP contribution in [0.5, 0.6) is 5.88 Å². The van der Waals surface area contributed by atoms with E-state index < -0.39 is 0 Å². The maximum absolute atomic E-state index is 13.1. The Labute approximate surface area is 201 Å². The molecule has 2 amide bonds. The number of ether oxygens (including phenoxy) is 1. The van der Waals surface area contributed by atoms with Crippen LogP contribution in [0, 0.1) is 11.8 Å². The minimum atomic E-state index is -0.245. The second-order valence-corrected chi connectivity index (χ2v) is 9.58. The summed E-state index contributed by atoms with van der Waals surface area (Å²) in [5, 5.41) is 3.08. The number of hydrogen-bond donors (Lipinski definition) is 2. The van der Waals surface area contributed by atoms with E-state index in [9.17, 15) is 9.59 Å². The van der Waals surface area contributed by atoms with Crippen molar-refractivity contribution in [2.24, 2.45) is 11.8 Å². The zero-order valence-electron chi connectivity index (χ0n) is 20.1. The fourth-order valence-electron chi connectivity index (χ4n) is 4.80. The lowest BCUT2D eigenvalue weighted by molar-refractivity contribution is -0.122. The molecule has 2 heterocycles. The van der Waals surface area contributed by atoms with Crippen molar-refractivity contribution in [1.29, 1.82) is 0 Å². The molecule has 0 bridgehead atoms. The van der Waals surface area contributed by atoms with Crippen LogP contribution in [0.15, 0.2) is 30.6 Å². The molecular formula is C26H35N5O3. The van der Waals surface area contributed by atoms with Crippen LogP contribution in [-0.4, -0.2) is 41.5 Å². The van der Waals surface area contributed by atoms with Gasteiger partial charge < -0.3 is 20.7 Å². The van der Waals surface area contributed by atoms with Gasteiger partial charge in [-0.2, -0.15) is 0 Å². The molecule has 1 aromatic heterocycles. The molecule has 2 aliphatic rings. The summed E-state index contributed by atoms with van der Waals surface area (Å²) in [6, 6.07) is 8.22. The van der Waals surface area contributed by atoms with Gasteiger partial charge in [0.25, 0.3) is 5.91 Å². The number of hydrogen-bond acceptors (Lipinski definition) is 6. The number of nitrogen functional groups attached to an aromatic ring is 1. The molecule has 0 radical (unpaired) electrons. The number of fused-ring (bicyclic) bond motifs is 1. The van der Waals surface area contributed by atoms with E-state index in [1.165, 1.54) is 11.9 Å². The molecule has 8 nitrogen and oxygen atoms in total. The molecule has 34 heavy (non-hydrogen) atoms. The number of aromatic nitrogens is 2. The van der Waals surface area contributed by atoms with E-state index in [1.807, 2.05) is 12.1 Å². The van der Waals surface area contributed by atoms with Crippen LogP contribution in [-0.2, 0) is 4.79 Å². The van der Waals surface area contributed by atoms with Gasteiger partial charge in [-0.3, -0.25) is 9.59 Å². The molecule has 2 aromatic rings. The van der Waals surface area contributed by atoms with E-state index in [2.05, 4.69) is 41.3 Å². The Morgan fingerprint density at radius 3 is 2.65 bits per heavy atom. The fourth-order valence-corrected chi connectivity index (χ4v) is 4.80. The van der Waals surface area contributed by atoms with Gasteiger partial charge in [0.2, 0.25) is 11.8 Å². The molecular weight excluding hydrogens is 430 g/mol.